The molecule has 35 heavy (non-hydrogen) atoms. The molecule has 0 spiro atoms. The number of hydrogen-bond donors (Lipinski definition) is 1. The van der Waals surface area contributed by atoms with Gasteiger partial charge in [-0.1, -0.05) is 18.2 Å². The van der Waals surface area contributed by atoms with E-state index >= 15 is 0 Å². The second-order valence-corrected chi connectivity index (χ2v) is 11.8. The van der Waals surface area contributed by atoms with E-state index in [0.717, 1.165) is 8.28 Å². The van der Waals surface area contributed by atoms with E-state index in [4.69, 9.17) is 4.74 Å². The second-order valence-electron chi connectivity index (χ2n) is 8.03. The summed E-state index contributed by atoms with van der Waals surface area (Å²) in [7, 11) is -4.96. The van der Waals surface area contributed by atoms with Gasteiger partial charge < -0.3 is 10.1 Å². The second kappa shape index (κ2) is 10.1. The molecule has 0 saturated carbocycles. The first-order valence-electron chi connectivity index (χ1n) is 10.9. The van der Waals surface area contributed by atoms with Gasteiger partial charge in [0, 0.05) is 38.4 Å². The van der Waals surface area contributed by atoms with Gasteiger partial charge in [-0.25, -0.2) is 16.8 Å². The highest BCUT2D eigenvalue weighted by atomic mass is 32.2. The summed E-state index contributed by atoms with van der Waals surface area (Å²) in [5.74, 6) is -0.553. The van der Waals surface area contributed by atoms with Crippen LogP contribution in [0.15, 0.2) is 65.7 Å². The van der Waals surface area contributed by atoms with Crippen molar-refractivity contribution in [3.05, 3.63) is 72.2 Å². The van der Waals surface area contributed by atoms with Gasteiger partial charge in [0.2, 0.25) is 0 Å². The van der Waals surface area contributed by atoms with E-state index in [2.05, 4.69) is 5.32 Å². The molecular formula is C23H27FN4O5S2. The molecule has 1 aliphatic heterocycles. The Morgan fingerprint density at radius 1 is 1.03 bits per heavy atom. The summed E-state index contributed by atoms with van der Waals surface area (Å²) < 4.78 is 76.8. The predicted octanol–water partition coefficient (Wildman–Crippen LogP) is 2.26. The standard InChI is InChI=1S/C23H27FN4O5S2/c1-25-16-18-14-23(21-8-3-4-9-22(21)24)28(17-18)34(29,30)20-7-5-6-19(15-20)26(2)35(31,32)27-10-12-33-13-11-27/h3-9,14-15,17,25H,10-13,16H2,1-2H3. The van der Waals surface area contributed by atoms with Crippen molar-refractivity contribution in [1.82, 2.24) is 13.6 Å². The molecule has 1 fully saturated rings. The van der Waals surface area contributed by atoms with Crippen molar-refractivity contribution in [3.8, 4) is 11.3 Å². The van der Waals surface area contributed by atoms with Gasteiger partial charge in [0.05, 0.1) is 29.5 Å². The van der Waals surface area contributed by atoms with Gasteiger partial charge >= 0.3 is 10.2 Å². The lowest BCUT2D eigenvalue weighted by Crippen LogP contribution is -2.47. The molecule has 2 heterocycles. The summed E-state index contributed by atoms with van der Waals surface area (Å²) in [5, 5.41) is 2.96. The molecule has 0 aliphatic carbocycles. The van der Waals surface area contributed by atoms with Gasteiger partial charge in [0.15, 0.2) is 0 Å². The first-order valence-corrected chi connectivity index (χ1v) is 13.8. The number of morpholine rings is 1. The molecule has 0 unspecified atom stereocenters. The molecule has 0 atom stereocenters. The number of halogens is 1. The minimum absolute atomic E-state index is 0.122. The monoisotopic (exact) mass is 522 g/mol. The normalized spacial score (nSPS) is 15.3. The summed E-state index contributed by atoms with van der Waals surface area (Å²) >= 11 is 0. The Morgan fingerprint density at radius 3 is 2.43 bits per heavy atom. The van der Waals surface area contributed by atoms with Gasteiger partial charge in [0.25, 0.3) is 10.0 Å². The van der Waals surface area contributed by atoms with Gasteiger partial charge in [-0.3, -0.25) is 4.31 Å². The molecule has 2 aromatic carbocycles. The summed E-state index contributed by atoms with van der Waals surface area (Å²) in [4.78, 5) is -0.122. The molecule has 3 aromatic rings. The Kier molecular flexibility index (Phi) is 7.29. The lowest BCUT2D eigenvalue weighted by Gasteiger charge is -2.31. The van der Waals surface area contributed by atoms with E-state index in [9.17, 15) is 21.2 Å². The molecular weight excluding hydrogens is 495 g/mol. The van der Waals surface area contributed by atoms with E-state index in [-0.39, 0.29) is 34.9 Å². The van der Waals surface area contributed by atoms with Crippen LogP contribution in [0.1, 0.15) is 5.56 Å². The number of ether oxygens (including phenoxy) is 1. The molecule has 1 N–H and O–H groups in total. The first kappa shape index (κ1) is 25.3. The van der Waals surface area contributed by atoms with Crippen molar-refractivity contribution in [1.29, 1.82) is 0 Å². The Bertz CT molecular complexity index is 1420. The number of nitrogens with one attached hydrogen (secondary N) is 1. The fourth-order valence-corrected chi connectivity index (χ4v) is 6.67. The van der Waals surface area contributed by atoms with Crippen LogP contribution < -0.4 is 9.62 Å². The highest BCUT2D eigenvalue weighted by molar-refractivity contribution is 7.90. The number of anilines is 1. The van der Waals surface area contributed by atoms with Crippen molar-refractivity contribution >= 4 is 25.9 Å². The molecule has 12 heteroatoms. The minimum Gasteiger partial charge on any atom is -0.379 e. The first-order chi connectivity index (χ1) is 16.7. The molecule has 0 bridgehead atoms. The molecule has 0 amide bonds. The Labute approximate surface area is 205 Å². The third-order valence-electron chi connectivity index (χ3n) is 5.75. The van der Waals surface area contributed by atoms with Crippen LogP contribution in [-0.4, -0.2) is 65.5 Å². The van der Waals surface area contributed by atoms with E-state index in [1.807, 2.05) is 0 Å². The average molecular weight is 523 g/mol. The lowest BCUT2D eigenvalue weighted by atomic mass is 10.1. The quantitative estimate of drug-likeness (QED) is 0.487. The van der Waals surface area contributed by atoms with Crippen molar-refractivity contribution in [2.75, 3.05) is 44.7 Å². The van der Waals surface area contributed by atoms with Crippen LogP contribution >= 0.6 is 0 Å². The Hall–Kier alpha value is -2.77. The van der Waals surface area contributed by atoms with Crippen LogP contribution in [0.5, 0.6) is 0 Å². The Balaban J connectivity index is 1.76. The number of nitrogens with zero attached hydrogens (tertiary/aromatic N) is 3. The van der Waals surface area contributed by atoms with E-state index in [0.29, 0.717) is 25.3 Å². The zero-order chi connectivity index (χ0) is 25.2. The minimum atomic E-state index is -4.19. The summed E-state index contributed by atoms with van der Waals surface area (Å²) in [6.45, 7) is 1.40. The zero-order valence-corrected chi connectivity index (χ0v) is 21.0. The van der Waals surface area contributed by atoms with Crippen LogP contribution in [0.3, 0.4) is 0 Å². The maximum atomic E-state index is 14.6. The Morgan fingerprint density at radius 2 is 1.74 bits per heavy atom. The molecule has 0 radical (unpaired) electrons. The SMILES string of the molecule is CNCc1cc(-c2ccccc2F)n(S(=O)(=O)c2cccc(N(C)S(=O)(=O)N3CCOCC3)c2)c1. The van der Waals surface area contributed by atoms with Crippen LogP contribution in [0.2, 0.25) is 0 Å². The van der Waals surface area contributed by atoms with E-state index < -0.39 is 26.0 Å². The zero-order valence-electron chi connectivity index (χ0n) is 19.4. The van der Waals surface area contributed by atoms with Gasteiger partial charge in [-0.05, 0) is 49.0 Å². The maximum absolute atomic E-state index is 14.6. The van der Waals surface area contributed by atoms with E-state index in [1.165, 1.54) is 60.0 Å². The molecule has 188 valence electrons. The third kappa shape index (κ3) is 4.98. The van der Waals surface area contributed by atoms with Crippen LogP contribution in [0.25, 0.3) is 11.3 Å². The number of benzene rings is 2. The average Bonchev–Trinajstić information content (AvgIpc) is 3.29. The van der Waals surface area contributed by atoms with Crippen LogP contribution in [0, 0.1) is 5.82 Å². The van der Waals surface area contributed by atoms with Crippen molar-refractivity contribution < 1.29 is 26.0 Å². The van der Waals surface area contributed by atoms with Crippen molar-refractivity contribution in [3.63, 3.8) is 0 Å². The number of hydrogen-bond acceptors (Lipinski definition) is 6. The molecule has 9 nitrogen and oxygen atoms in total. The highest BCUT2D eigenvalue weighted by Gasteiger charge is 2.30. The fraction of sp³-hybridized carbons (Fsp3) is 0.304. The van der Waals surface area contributed by atoms with Gasteiger partial charge in [-0.15, -0.1) is 0 Å². The smallest absolute Gasteiger partial charge is 0.303 e. The predicted molar refractivity (Wildman–Crippen MR) is 131 cm³/mol. The van der Waals surface area contributed by atoms with Crippen molar-refractivity contribution in [2.45, 2.75) is 11.4 Å². The molecule has 1 aromatic heterocycles. The summed E-state index contributed by atoms with van der Waals surface area (Å²) in [5.41, 5.74) is 1.15. The lowest BCUT2D eigenvalue weighted by molar-refractivity contribution is 0.0730. The summed E-state index contributed by atoms with van der Waals surface area (Å²) in [6, 6.07) is 13.3. The summed E-state index contributed by atoms with van der Waals surface area (Å²) in [6.07, 6.45) is 1.44. The molecule has 1 aliphatic rings. The van der Waals surface area contributed by atoms with Gasteiger partial charge in [0.1, 0.15) is 5.82 Å². The topological polar surface area (TPSA) is 101 Å². The van der Waals surface area contributed by atoms with Crippen LogP contribution in [-0.2, 0) is 31.5 Å². The number of rotatable bonds is 8. The highest BCUT2D eigenvalue weighted by Crippen LogP contribution is 2.30. The number of aromatic nitrogens is 1. The third-order valence-corrected chi connectivity index (χ3v) is 9.34. The molecule has 1 saturated heterocycles. The van der Waals surface area contributed by atoms with Crippen LogP contribution in [0.4, 0.5) is 10.1 Å². The van der Waals surface area contributed by atoms with Gasteiger partial charge in [-0.2, -0.15) is 12.7 Å². The van der Waals surface area contributed by atoms with E-state index in [1.54, 1.807) is 19.2 Å². The van der Waals surface area contributed by atoms with Crippen molar-refractivity contribution in [2.24, 2.45) is 0 Å². The fourth-order valence-electron chi connectivity index (χ4n) is 3.90. The largest absolute Gasteiger partial charge is 0.379 e. The molecule has 4 rings (SSSR count). The maximum Gasteiger partial charge on any atom is 0.303 e.